The average molecular weight is 218 g/mol. The van der Waals surface area contributed by atoms with Crippen molar-refractivity contribution in [3.8, 4) is 0 Å². The van der Waals surface area contributed by atoms with Gasteiger partial charge in [0.05, 0.1) is 6.04 Å². The second kappa shape index (κ2) is 5.62. The summed E-state index contributed by atoms with van der Waals surface area (Å²) in [7, 11) is 0. The van der Waals surface area contributed by atoms with Crippen LogP contribution in [0, 0.1) is 0 Å². The number of nitrogens with two attached hydrogens (primary N) is 1. The smallest absolute Gasteiger partial charge is 0.249 e. The highest BCUT2D eigenvalue weighted by Gasteiger charge is 2.26. The fourth-order valence-corrected chi connectivity index (χ4v) is 1.43. The fourth-order valence-electron chi connectivity index (χ4n) is 1.43. The number of carbonyl (C=O) groups excluding carboxylic acids is 2. The monoisotopic (exact) mass is 218 g/mol. The van der Waals surface area contributed by atoms with Crippen molar-refractivity contribution in [3.05, 3.63) is 0 Å². The van der Waals surface area contributed by atoms with Crippen LogP contribution in [0.15, 0.2) is 0 Å². The molecule has 5 N–H and O–H groups in total. The predicted molar refractivity (Wildman–Crippen MR) is 51.3 cm³/mol. The first kappa shape index (κ1) is 11.9. The molecule has 2 unspecified atom stereocenters. The molecule has 0 aromatic heterocycles. The van der Waals surface area contributed by atoms with Crippen LogP contribution in [-0.4, -0.2) is 37.0 Å². The van der Waals surface area contributed by atoms with Gasteiger partial charge in [-0.15, -0.1) is 4.48 Å². The SMILES string of the molecule is NC1CNC(C(=O)NCCC(=O)NF)C1. The van der Waals surface area contributed by atoms with Crippen molar-refractivity contribution >= 4 is 11.8 Å². The second-order valence-corrected chi connectivity index (χ2v) is 3.52. The lowest BCUT2D eigenvalue weighted by molar-refractivity contribution is -0.125. The van der Waals surface area contributed by atoms with Crippen LogP contribution in [0.2, 0.25) is 0 Å². The van der Waals surface area contributed by atoms with Crippen LogP contribution in [0.5, 0.6) is 0 Å². The van der Waals surface area contributed by atoms with Gasteiger partial charge in [0.1, 0.15) is 0 Å². The minimum Gasteiger partial charge on any atom is -0.354 e. The van der Waals surface area contributed by atoms with Crippen molar-refractivity contribution in [2.24, 2.45) is 5.73 Å². The molecular weight excluding hydrogens is 203 g/mol. The summed E-state index contributed by atoms with van der Waals surface area (Å²) in [6.45, 7) is 0.741. The van der Waals surface area contributed by atoms with Gasteiger partial charge in [-0.3, -0.25) is 9.59 Å². The van der Waals surface area contributed by atoms with Crippen LogP contribution < -0.4 is 21.9 Å². The molecule has 1 fully saturated rings. The van der Waals surface area contributed by atoms with E-state index in [0.29, 0.717) is 13.0 Å². The van der Waals surface area contributed by atoms with Gasteiger partial charge in [0.25, 0.3) is 0 Å². The lowest BCUT2D eigenvalue weighted by atomic mass is 10.2. The zero-order chi connectivity index (χ0) is 11.3. The van der Waals surface area contributed by atoms with Gasteiger partial charge < -0.3 is 16.4 Å². The molecule has 1 rings (SSSR count). The Balaban J connectivity index is 2.16. The van der Waals surface area contributed by atoms with E-state index in [4.69, 9.17) is 5.73 Å². The van der Waals surface area contributed by atoms with Crippen LogP contribution in [0.25, 0.3) is 0 Å². The third kappa shape index (κ3) is 3.80. The van der Waals surface area contributed by atoms with Crippen molar-refractivity contribution in [2.45, 2.75) is 24.9 Å². The topological polar surface area (TPSA) is 96.2 Å². The summed E-state index contributed by atoms with van der Waals surface area (Å²) in [5, 5.41) is 5.47. The quantitative estimate of drug-likeness (QED) is 0.418. The molecule has 0 bridgehead atoms. The van der Waals surface area contributed by atoms with Crippen molar-refractivity contribution in [3.63, 3.8) is 0 Å². The Bertz CT molecular complexity index is 249. The van der Waals surface area contributed by atoms with E-state index in [9.17, 15) is 14.1 Å². The van der Waals surface area contributed by atoms with Gasteiger partial charge in [-0.05, 0) is 6.42 Å². The molecule has 0 spiro atoms. The lowest BCUT2D eigenvalue weighted by Crippen LogP contribution is -2.41. The van der Waals surface area contributed by atoms with E-state index in [1.165, 1.54) is 0 Å². The molecular formula is C8H15FN4O2. The van der Waals surface area contributed by atoms with Crippen LogP contribution in [0.3, 0.4) is 0 Å². The summed E-state index contributed by atoms with van der Waals surface area (Å²) < 4.78 is 11.5. The Morgan fingerprint density at radius 3 is 2.80 bits per heavy atom. The molecule has 7 heteroatoms. The van der Waals surface area contributed by atoms with E-state index >= 15 is 0 Å². The third-order valence-corrected chi connectivity index (χ3v) is 2.24. The summed E-state index contributed by atoms with van der Waals surface area (Å²) in [6, 6.07) is -0.302. The normalized spacial score (nSPS) is 24.9. The van der Waals surface area contributed by atoms with E-state index in [1.54, 1.807) is 0 Å². The Hall–Kier alpha value is -1.21. The molecule has 1 aliphatic rings. The highest BCUT2D eigenvalue weighted by atomic mass is 19.2. The average Bonchev–Trinajstić information content (AvgIpc) is 2.64. The van der Waals surface area contributed by atoms with Crippen LogP contribution in [0.4, 0.5) is 4.48 Å². The Morgan fingerprint density at radius 1 is 1.53 bits per heavy atom. The van der Waals surface area contributed by atoms with E-state index in [0.717, 1.165) is 5.54 Å². The van der Waals surface area contributed by atoms with Crippen LogP contribution in [-0.2, 0) is 9.59 Å². The standard InChI is InChI=1S/C8H15FN4O2/c9-13-7(14)1-2-11-8(15)6-3-5(10)4-12-6/h5-6,12H,1-4,10H2,(H,11,15)(H,13,14). The predicted octanol–water partition coefficient (Wildman–Crippen LogP) is -1.82. The number of hydrogen-bond donors (Lipinski definition) is 4. The number of hydrogen-bond acceptors (Lipinski definition) is 4. The van der Waals surface area contributed by atoms with Gasteiger partial charge in [-0.2, -0.15) is 5.54 Å². The highest BCUT2D eigenvalue weighted by Crippen LogP contribution is 2.03. The number of rotatable bonds is 4. The number of halogens is 1. The van der Waals surface area contributed by atoms with Gasteiger partial charge in [0, 0.05) is 25.6 Å². The van der Waals surface area contributed by atoms with Gasteiger partial charge in [-0.25, -0.2) is 0 Å². The van der Waals surface area contributed by atoms with E-state index < -0.39 is 5.91 Å². The molecule has 0 aromatic rings. The Kier molecular flexibility index (Phi) is 4.44. The minimum atomic E-state index is -0.744. The second-order valence-electron chi connectivity index (χ2n) is 3.52. The first-order valence-electron chi connectivity index (χ1n) is 4.79. The maximum absolute atomic E-state index is 11.5. The summed E-state index contributed by atoms with van der Waals surface area (Å²) in [4.78, 5) is 21.9. The lowest BCUT2D eigenvalue weighted by Gasteiger charge is -2.10. The Labute approximate surface area is 86.7 Å². The molecule has 0 radical (unpaired) electrons. The number of nitrogens with one attached hydrogen (secondary N) is 3. The first-order chi connectivity index (χ1) is 7.13. The largest absolute Gasteiger partial charge is 0.354 e. The van der Waals surface area contributed by atoms with Gasteiger partial charge in [-0.1, -0.05) is 0 Å². The number of amides is 2. The van der Waals surface area contributed by atoms with Crippen LogP contribution >= 0.6 is 0 Å². The van der Waals surface area contributed by atoms with Crippen molar-refractivity contribution in [1.29, 1.82) is 0 Å². The molecule has 1 saturated heterocycles. The molecule has 6 nitrogen and oxygen atoms in total. The molecule has 1 heterocycles. The van der Waals surface area contributed by atoms with E-state index in [1.807, 2.05) is 0 Å². The van der Waals surface area contributed by atoms with Crippen molar-refractivity contribution in [2.75, 3.05) is 13.1 Å². The molecule has 15 heavy (non-hydrogen) atoms. The molecule has 0 saturated carbocycles. The minimum absolute atomic E-state index is 0.00473. The van der Waals surface area contributed by atoms with Crippen molar-refractivity contribution < 1.29 is 14.1 Å². The summed E-state index contributed by atoms with van der Waals surface area (Å²) in [5.41, 5.74) is 6.59. The van der Waals surface area contributed by atoms with Crippen molar-refractivity contribution in [1.82, 2.24) is 16.2 Å². The van der Waals surface area contributed by atoms with Gasteiger partial charge in [0.15, 0.2) is 0 Å². The molecule has 0 aliphatic carbocycles. The molecule has 2 amide bonds. The van der Waals surface area contributed by atoms with E-state index in [-0.39, 0.29) is 31.0 Å². The fraction of sp³-hybridized carbons (Fsp3) is 0.750. The first-order valence-corrected chi connectivity index (χ1v) is 4.79. The molecule has 2 atom stereocenters. The zero-order valence-corrected chi connectivity index (χ0v) is 8.25. The highest BCUT2D eigenvalue weighted by molar-refractivity contribution is 5.83. The van der Waals surface area contributed by atoms with E-state index in [2.05, 4.69) is 10.6 Å². The van der Waals surface area contributed by atoms with Crippen LogP contribution in [0.1, 0.15) is 12.8 Å². The molecule has 0 aromatic carbocycles. The maximum atomic E-state index is 11.5. The van der Waals surface area contributed by atoms with Gasteiger partial charge >= 0.3 is 0 Å². The maximum Gasteiger partial charge on any atom is 0.249 e. The molecule has 1 aliphatic heterocycles. The zero-order valence-electron chi connectivity index (χ0n) is 8.25. The summed E-state index contributed by atoms with van der Waals surface area (Å²) in [6.07, 6.45) is 0.516. The number of carbonyl (C=O) groups is 2. The molecule has 86 valence electrons. The van der Waals surface area contributed by atoms with Gasteiger partial charge in [0.2, 0.25) is 11.8 Å². The Morgan fingerprint density at radius 2 is 2.27 bits per heavy atom. The summed E-state index contributed by atoms with van der Waals surface area (Å²) in [5.74, 6) is -0.944. The summed E-state index contributed by atoms with van der Waals surface area (Å²) >= 11 is 0. The third-order valence-electron chi connectivity index (χ3n) is 2.24.